The van der Waals surface area contributed by atoms with Crippen molar-refractivity contribution in [3.63, 3.8) is 0 Å². The first-order valence-electron chi connectivity index (χ1n) is 8.98. The van der Waals surface area contributed by atoms with E-state index in [0.29, 0.717) is 6.04 Å². The molecule has 2 aliphatic rings. The third-order valence-corrected chi connectivity index (χ3v) is 5.30. The Kier molecular flexibility index (Phi) is 4.88. The molecule has 0 aromatic carbocycles. The summed E-state index contributed by atoms with van der Waals surface area (Å²) < 4.78 is 1.95. The van der Waals surface area contributed by atoms with Crippen molar-refractivity contribution in [1.29, 1.82) is 0 Å². The molecule has 1 saturated heterocycles. The zero-order valence-electron chi connectivity index (χ0n) is 14.8. The SMILES string of the molecule is Cc1nn(C)cc1CN1CCCN(CC2CC2)[C@@H](C(C)C)C1. The molecule has 0 unspecified atom stereocenters. The minimum Gasteiger partial charge on any atom is -0.299 e. The smallest absolute Gasteiger partial charge is 0.0638 e. The van der Waals surface area contributed by atoms with Gasteiger partial charge in [-0.05, 0) is 51.1 Å². The molecule has 3 rings (SSSR count). The molecule has 0 bridgehead atoms. The molecule has 1 saturated carbocycles. The van der Waals surface area contributed by atoms with Gasteiger partial charge < -0.3 is 0 Å². The summed E-state index contributed by atoms with van der Waals surface area (Å²) in [5, 5.41) is 4.50. The lowest BCUT2D eigenvalue weighted by atomic mass is 10.0. The van der Waals surface area contributed by atoms with Crippen molar-refractivity contribution in [3.05, 3.63) is 17.5 Å². The van der Waals surface area contributed by atoms with Crippen molar-refractivity contribution in [1.82, 2.24) is 19.6 Å². The number of hydrogen-bond donors (Lipinski definition) is 0. The zero-order valence-corrected chi connectivity index (χ0v) is 14.8. The van der Waals surface area contributed by atoms with Crippen LogP contribution in [0.2, 0.25) is 0 Å². The van der Waals surface area contributed by atoms with Crippen molar-refractivity contribution in [2.45, 2.75) is 52.6 Å². The van der Waals surface area contributed by atoms with Crippen LogP contribution in [0, 0.1) is 18.8 Å². The van der Waals surface area contributed by atoms with Gasteiger partial charge in [0.15, 0.2) is 0 Å². The predicted molar refractivity (Wildman–Crippen MR) is 90.8 cm³/mol. The summed E-state index contributed by atoms with van der Waals surface area (Å²) in [5.41, 5.74) is 2.57. The van der Waals surface area contributed by atoms with Crippen LogP contribution in [0.5, 0.6) is 0 Å². The van der Waals surface area contributed by atoms with Crippen molar-refractivity contribution >= 4 is 0 Å². The summed E-state index contributed by atoms with van der Waals surface area (Å²) in [6.07, 6.45) is 6.40. The Labute approximate surface area is 135 Å². The molecule has 4 nitrogen and oxygen atoms in total. The second-order valence-corrected chi connectivity index (χ2v) is 7.75. The third kappa shape index (κ3) is 3.90. The van der Waals surface area contributed by atoms with Gasteiger partial charge in [0.05, 0.1) is 5.69 Å². The van der Waals surface area contributed by atoms with Gasteiger partial charge in [-0.3, -0.25) is 14.5 Å². The summed E-state index contributed by atoms with van der Waals surface area (Å²) in [6.45, 7) is 13.0. The van der Waals surface area contributed by atoms with E-state index in [-0.39, 0.29) is 0 Å². The normalized spacial score (nSPS) is 24.9. The summed E-state index contributed by atoms with van der Waals surface area (Å²) in [4.78, 5) is 5.44. The van der Waals surface area contributed by atoms with Gasteiger partial charge in [-0.1, -0.05) is 13.8 Å². The van der Waals surface area contributed by atoms with Crippen LogP contribution >= 0.6 is 0 Å². The van der Waals surface area contributed by atoms with Crippen LogP contribution in [0.1, 0.15) is 44.4 Å². The molecule has 1 aromatic heterocycles. The highest BCUT2D eigenvalue weighted by atomic mass is 15.3. The molecule has 1 atom stereocenters. The Morgan fingerprint density at radius 3 is 2.64 bits per heavy atom. The summed E-state index contributed by atoms with van der Waals surface area (Å²) in [6, 6.07) is 0.708. The van der Waals surface area contributed by atoms with E-state index in [0.717, 1.165) is 18.4 Å². The van der Waals surface area contributed by atoms with E-state index in [9.17, 15) is 0 Å². The summed E-state index contributed by atoms with van der Waals surface area (Å²) in [7, 11) is 2.02. The second kappa shape index (κ2) is 6.71. The lowest BCUT2D eigenvalue weighted by Crippen LogP contribution is -2.45. The largest absolute Gasteiger partial charge is 0.299 e. The van der Waals surface area contributed by atoms with Gasteiger partial charge in [-0.2, -0.15) is 5.10 Å². The second-order valence-electron chi connectivity index (χ2n) is 7.75. The Bertz CT molecular complexity index is 489. The standard InChI is InChI=1S/C18H32N4/c1-14(2)18-13-21(12-17-11-20(4)19-15(17)3)8-5-9-22(18)10-16-6-7-16/h11,14,16,18H,5-10,12-13H2,1-4H3/t18-/m1/s1. The molecule has 0 radical (unpaired) electrons. The predicted octanol–water partition coefficient (Wildman–Crippen LogP) is 2.67. The molecule has 2 heterocycles. The van der Waals surface area contributed by atoms with E-state index < -0.39 is 0 Å². The van der Waals surface area contributed by atoms with Gasteiger partial charge in [0.2, 0.25) is 0 Å². The number of nitrogens with zero attached hydrogens (tertiary/aromatic N) is 4. The Hall–Kier alpha value is -0.870. The Morgan fingerprint density at radius 1 is 1.27 bits per heavy atom. The first-order valence-corrected chi connectivity index (χ1v) is 8.98. The van der Waals surface area contributed by atoms with Gasteiger partial charge in [0.25, 0.3) is 0 Å². The monoisotopic (exact) mass is 304 g/mol. The first-order chi connectivity index (χ1) is 10.5. The fraction of sp³-hybridized carbons (Fsp3) is 0.833. The number of aromatic nitrogens is 2. The topological polar surface area (TPSA) is 24.3 Å². The van der Waals surface area contributed by atoms with E-state index in [2.05, 4.69) is 41.9 Å². The summed E-state index contributed by atoms with van der Waals surface area (Å²) in [5.74, 6) is 1.72. The molecule has 0 N–H and O–H groups in total. The number of hydrogen-bond acceptors (Lipinski definition) is 3. The minimum atomic E-state index is 0.708. The van der Waals surface area contributed by atoms with Crippen LogP contribution in [0.15, 0.2) is 6.20 Å². The third-order valence-electron chi connectivity index (χ3n) is 5.30. The van der Waals surface area contributed by atoms with Crippen LogP contribution in [0.3, 0.4) is 0 Å². The van der Waals surface area contributed by atoms with Crippen molar-refractivity contribution < 1.29 is 0 Å². The Balaban J connectivity index is 1.66. The highest BCUT2D eigenvalue weighted by molar-refractivity contribution is 5.15. The number of rotatable bonds is 5. The minimum absolute atomic E-state index is 0.708. The van der Waals surface area contributed by atoms with E-state index in [4.69, 9.17) is 0 Å². The van der Waals surface area contributed by atoms with Gasteiger partial charge in [0, 0.05) is 44.5 Å². The van der Waals surface area contributed by atoms with E-state index >= 15 is 0 Å². The number of aryl methyl sites for hydroxylation is 2. The first kappa shape index (κ1) is 16.0. The molecule has 4 heteroatoms. The molecule has 2 fully saturated rings. The fourth-order valence-electron chi connectivity index (χ4n) is 3.81. The molecular formula is C18H32N4. The fourth-order valence-corrected chi connectivity index (χ4v) is 3.81. The van der Waals surface area contributed by atoms with E-state index in [1.54, 1.807) is 0 Å². The van der Waals surface area contributed by atoms with Gasteiger partial charge in [-0.25, -0.2) is 0 Å². The molecule has 124 valence electrons. The molecule has 1 aliphatic heterocycles. The highest BCUT2D eigenvalue weighted by Gasteiger charge is 2.32. The molecule has 1 aromatic rings. The maximum absolute atomic E-state index is 4.50. The van der Waals surface area contributed by atoms with Gasteiger partial charge >= 0.3 is 0 Å². The maximum Gasteiger partial charge on any atom is 0.0638 e. The van der Waals surface area contributed by atoms with Gasteiger partial charge in [0.1, 0.15) is 0 Å². The van der Waals surface area contributed by atoms with Crippen LogP contribution in [0.4, 0.5) is 0 Å². The maximum atomic E-state index is 4.50. The zero-order chi connectivity index (χ0) is 15.7. The average Bonchev–Trinajstić information content (AvgIpc) is 3.22. The molecule has 1 aliphatic carbocycles. The van der Waals surface area contributed by atoms with Gasteiger partial charge in [-0.15, -0.1) is 0 Å². The molecule has 0 spiro atoms. The molecule has 22 heavy (non-hydrogen) atoms. The summed E-state index contributed by atoms with van der Waals surface area (Å²) >= 11 is 0. The average molecular weight is 304 g/mol. The van der Waals surface area contributed by atoms with Crippen LogP contribution in [-0.4, -0.2) is 51.8 Å². The lowest BCUT2D eigenvalue weighted by Gasteiger charge is -2.34. The van der Waals surface area contributed by atoms with Crippen LogP contribution in [-0.2, 0) is 13.6 Å². The van der Waals surface area contributed by atoms with Crippen molar-refractivity contribution in [3.8, 4) is 0 Å². The van der Waals surface area contributed by atoms with E-state index in [1.807, 2.05) is 11.7 Å². The van der Waals surface area contributed by atoms with Crippen molar-refractivity contribution in [2.75, 3.05) is 26.2 Å². The van der Waals surface area contributed by atoms with Crippen LogP contribution in [0.25, 0.3) is 0 Å². The highest BCUT2D eigenvalue weighted by Crippen LogP contribution is 2.32. The molecule has 0 amide bonds. The quantitative estimate of drug-likeness (QED) is 0.836. The lowest BCUT2D eigenvalue weighted by molar-refractivity contribution is 0.132. The van der Waals surface area contributed by atoms with Crippen molar-refractivity contribution in [2.24, 2.45) is 18.9 Å². The Morgan fingerprint density at radius 2 is 2.05 bits per heavy atom. The molecular weight excluding hydrogens is 272 g/mol. The van der Waals surface area contributed by atoms with Crippen LogP contribution < -0.4 is 0 Å². The van der Waals surface area contributed by atoms with E-state index in [1.165, 1.54) is 56.7 Å².